The first-order valence-electron chi connectivity index (χ1n) is 5.88. The van der Waals surface area contributed by atoms with Crippen molar-refractivity contribution >= 4 is 22.9 Å². The molecule has 1 aliphatic rings. The summed E-state index contributed by atoms with van der Waals surface area (Å²) in [6, 6.07) is 5.16. The summed E-state index contributed by atoms with van der Waals surface area (Å²) in [6.45, 7) is 3.99. The zero-order valence-corrected chi connectivity index (χ0v) is 11.1. The first-order valence-corrected chi connectivity index (χ1v) is 7.08. The number of hydrogen-bond acceptors (Lipinski definition) is 3. The summed E-state index contributed by atoms with van der Waals surface area (Å²) in [5.74, 6) is 0. The molecule has 0 aromatic carbocycles. The van der Waals surface area contributed by atoms with Crippen molar-refractivity contribution in [2.75, 3.05) is 13.2 Å². The molecule has 4 heteroatoms. The second kappa shape index (κ2) is 6.01. The maximum absolute atomic E-state index is 5.97. The SMILES string of the molecule is CCC(NC1CCOCC1)c1ccc(Cl)s1. The number of ether oxygens (including phenoxy) is 1. The Balaban J connectivity index is 1.94. The van der Waals surface area contributed by atoms with Gasteiger partial charge in [0.15, 0.2) is 0 Å². The monoisotopic (exact) mass is 259 g/mol. The van der Waals surface area contributed by atoms with Crippen LogP contribution in [-0.4, -0.2) is 19.3 Å². The van der Waals surface area contributed by atoms with E-state index < -0.39 is 0 Å². The van der Waals surface area contributed by atoms with Gasteiger partial charge in [-0.25, -0.2) is 0 Å². The van der Waals surface area contributed by atoms with Crippen LogP contribution in [0.2, 0.25) is 4.34 Å². The molecule has 1 fully saturated rings. The van der Waals surface area contributed by atoms with E-state index in [2.05, 4.69) is 18.3 Å². The maximum Gasteiger partial charge on any atom is 0.0931 e. The van der Waals surface area contributed by atoms with Crippen molar-refractivity contribution in [2.24, 2.45) is 0 Å². The molecule has 90 valence electrons. The number of nitrogens with one attached hydrogen (secondary N) is 1. The minimum absolute atomic E-state index is 0.445. The van der Waals surface area contributed by atoms with Gasteiger partial charge in [0.05, 0.1) is 4.34 Å². The quantitative estimate of drug-likeness (QED) is 0.892. The number of halogens is 1. The summed E-state index contributed by atoms with van der Waals surface area (Å²) in [4.78, 5) is 1.35. The predicted molar refractivity (Wildman–Crippen MR) is 69.3 cm³/mol. The molecule has 1 atom stereocenters. The van der Waals surface area contributed by atoms with Gasteiger partial charge in [0, 0.05) is 30.2 Å². The number of thiophene rings is 1. The van der Waals surface area contributed by atoms with E-state index in [1.807, 2.05) is 6.07 Å². The summed E-state index contributed by atoms with van der Waals surface area (Å²) in [5.41, 5.74) is 0. The molecule has 0 amide bonds. The van der Waals surface area contributed by atoms with Gasteiger partial charge in [-0.1, -0.05) is 18.5 Å². The lowest BCUT2D eigenvalue weighted by Gasteiger charge is -2.27. The fourth-order valence-electron chi connectivity index (χ4n) is 2.07. The molecule has 1 unspecified atom stereocenters. The lowest BCUT2D eigenvalue weighted by atomic mass is 10.1. The third-order valence-electron chi connectivity index (χ3n) is 3.00. The second-order valence-corrected chi connectivity index (χ2v) is 5.90. The fraction of sp³-hybridized carbons (Fsp3) is 0.667. The molecule has 2 heterocycles. The van der Waals surface area contributed by atoms with Crippen LogP contribution >= 0.6 is 22.9 Å². The molecule has 1 N–H and O–H groups in total. The molecule has 0 radical (unpaired) electrons. The van der Waals surface area contributed by atoms with Crippen LogP contribution in [-0.2, 0) is 4.74 Å². The predicted octanol–water partition coefficient (Wildman–Crippen LogP) is 3.62. The highest BCUT2D eigenvalue weighted by atomic mass is 35.5. The van der Waals surface area contributed by atoms with Crippen LogP contribution in [0.25, 0.3) is 0 Å². The van der Waals surface area contributed by atoms with Crippen molar-refractivity contribution in [2.45, 2.75) is 38.3 Å². The minimum Gasteiger partial charge on any atom is -0.381 e. The van der Waals surface area contributed by atoms with Crippen molar-refractivity contribution < 1.29 is 4.74 Å². The van der Waals surface area contributed by atoms with E-state index in [1.165, 1.54) is 4.88 Å². The van der Waals surface area contributed by atoms with E-state index in [9.17, 15) is 0 Å². The van der Waals surface area contributed by atoms with Gasteiger partial charge in [-0.3, -0.25) is 0 Å². The zero-order chi connectivity index (χ0) is 11.4. The average molecular weight is 260 g/mol. The van der Waals surface area contributed by atoms with Crippen molar-refractivity contribution in [1.29, 1.82) is 0 Å². The summed E-state index contributed by atoms with van der Waals surface area (Å²) in [6.07, 6.45) is 3.35. The largest absolute Gasteiger partial charge is 0.381 e. The summed E-state index contributed by atoms with van der Waals surface area (Å²) in [7, 11) is 0. The Morgan fingerprint density at radius 2 is 2.25 bits per heavy atom. The highest BCUT2D eigenvalue weighted by molar-refractivity contribution is 7.16. The lowest BCUT2D eigenvalue weighted by Crippen LogP contribution is -2.36. The third-order valence-corrected chi connectivity index (χ3v) is 4.35. The molecule has 0 bridgehead atoms. The Kier molecular flexibility index (Phi) is 4.65. The molecule has 1 saturated heterocycles. The molecule has 1 aliphatic heterocycles. The van der Waals surface area contributed by atoms with Crippen LogP contribution in [0.4, 0.5) is 0 Å². The second-order valence-electron chi connectivity index (χ2n) is 4.16. The first kappa shape index (κ1) is 12.4. The zero-order valence-electron chi connectivity index (χ0n) is 9.54. The van der Waals surface area contributed by atoms with Crippen molar-refractivity contribution in [3.63, 3.8) is 0 Å². The van der Waals surface area contributed by atoms with Crippen LogP contribution in [0.15, 0.2) is 12.1 Å². The highest BCUT2D eigenvalue weighted by Gasteiger charge is 2.19. The van der Waals surface area contributed by atoms with Crippen molar-refractivity contribution in [1.82, 2.24) is 5.32 Å². The molecule has 0 spiro atoms. The van der Waals surface area contributed by atoms with Crippen LogP contribution in [0.3, 0.4) is 0 Å². The Morgan fingerprint density at radius 1 is 1.50 bits per heavy atom. The molecule has 16 heavy (non-hydrogen) atoms. The third kappa shape index (κ3) is 3.20. The molecular formula is C12H18ClNOS. The van der Waals surface area contributed by atoms with Gasteiger partial charge < -0.3 is 10.1 Å². The molecule has 2 rings (SSSR count). The summed E-state index contributed by atoms with van der Waals surface area (Å²) in [5, 5.41) is 3.71. The van der Waals surface area contributed by atoms with E-state index in [4.69, 9.17) is 16.3 Å². The van der Waals surface area contributed by atoms with Gasteiger partial charge in [0.1, 0.15) is 0 Å². The normalized spacial score (nSPS) is 19.9. The minimum atomic E-state index is 0.445. The van der Waals surface area contributed by atoms with Crippen molar-refractivity contribution in [3.8, 4) is 0 Å². The molecule has 0 saturated carbocycles. The Bertz CT molecular complexity index is 323. The Labute approximate surface area is 106 Å². The lowest BCUT2D eigenvalue weighted by molar-refractivity contribution is 0.0748. The first-order chi connectivity index (χ1) is 7.79. The topological polar surface area (TPSA) is 21.3 Å². The molecule has 1 aromatic rings. The maximum atomic E-state index is 5.97. The van der Waals surface area contributed by atoms with Gasteiger partial charge in [0.25, 0.3) is 0 Å². The van der Waals surface area contributed by atoms with Gasteiger partial charge in [-0.2, -0.15) is 0 Å². The summed E-state index contributed by atoms with van der Waals surface area (Å²) >= 11 is 7.66. The highest BCUT2D eigenvalue weighted by Crippen LogP contribution is 2.29. The van der Waals surface area contributed by atoms with Crippen LogP contribution in [0.1, 0.15) is 37.1 Å². The fourth-order valence-corrected chi connectivity index (χ4v) is 3.27. The van der Waals surface area contributed by atoms with E-state index in [1.54, 1.807) is 11.3 Å². The van der Waals surface area contributed by atoms with Gasteiger partial charge in [-0.05, 0) is 31.4 Å². The van der Waals surface area contributed by atoms with E-state index in [0.29, 0.717) is 12.1 Å². The van der Waals surface area contributed by atoms with Crippen LogP contribution in [0, 0.1) is 0 Å². The van der Waals surface area contributed by atoms with Gasteiger partial charge in [-0.15, -0.1) is 11.3 Å². The summed E-state index contributed by atoms with van der Waals surface area (Å²) < 4.78 is 6.24. The van der Waals surface area contributed by atoms with Crippen LogP contribution < -0.4 is 5.32 Å². The van der Waals surface area contributed by atoms with E-state index >= 15 is 0 Å². The standard InChI is InChI=1S/C12H18ClNOS/c1-2-10(11-3-4-12(13)16-11)14-9-5-7-15-8-6-9/h3-4,9-10,14H,2,5-8H2,1H3. The Hall–Kier alpha value is -0.0900. The molecule has 2 nitrogen and oxygen atoms in total. The average Bonchev–Trinajstić information content (AvgIpc) is 2.74. The number of rotatable bonds is 4. The van der Waals surface area contributed by atoms with Crippen molar-refractivity contribution in [3.05, 3.63) is 21.3 Å². The van der Waals surface area contributed by atoms with Gasteiger partial charge in [0.2, 0.25) is 0 Å². The molecule has 0 aliphatic carbocycles. The smallest absolute Gasteiger partial charge is 0.0931 e. The van der Waals surface area contributed by atoms with E-state index in [0.717, 1.165) is 36.8 Å². The molecular weight excluding hydrogens is 242 g/mol. The number of hydrogen-bond donors (Lipinski definition) is 1. The Morgan fingerprint density at radius 3 is 2.81 bits per heavy atom. The van der Waals surface area contributed by atoms with E-state index in [-0.39, 0.29) is 0 Å². The van der Waals surface area contributed by atoms with Gasteiger partial charge >= 0.3 is 0 Å². The van der Waals surface area contributed by atoms with Crippen LogP contribution in [0.5, 0.6) is 0 Å². The molecule has 1 aromatic heterocycles.